The number of aromatic nitrogens is 1. The molecule has 16 heavy (non-hydrogen) atoms. The molecule has 2 nitrogen and oxygen atoms in total. The summed E-state index contributed by atoms with van der Waals surface area (Å²) >= 11 is 0. The third-order valence-electron chi connectivity index (χ3n) is 2.22. The molecule has 84 valence electrons. The van der Waals surface area contributed by atoms with Crippen molar-refractivity contribution in [3.05, 3.63) is 36.0 Å². The molecule has 1 heterocycles. The van der Waals surface area contributed by atoms with Crippen LogP contribution in [0.2, 0.25) is 19.6 Å². The Bertz CT molecular complexity index is 517. The molecule has 3 heteroatoms. The third kappa shape index (κ3) is 2.42. The molecule has 0 spiro atoms. The van der Waals surface area contributed by atoms with E-state index < -0.39 is 8.32 Å². The van der Waals surface area contributed by atoms with E-state index in [0.29, 0.717) is 0 Å². The van der Waals surface area contributed by atoms with Gasteiger partial charge in [0.05, 0.1) is 5.52 Å². The summed E-state index contributed by atoms with van der Waals surface area (Å²) in [5, 5.41) is 1.11. The minimum absolute atomic E-state index is 0.974. The zero-order chi connectivity index (χ0) is 11.8. The zero-order valence-electron chi connectivity index (χ0n) is 10.2. The third-order valence-corrected chi connectivity index (χ3v) is 3.05. The smallest absolute Gasteiger partial charge is 0.242 e. The van der Waals surface area contributed by atoms with E-state index >= 15 is 0 Å². The summed E-state index contributed by atoms with van der Waals surface area (Å²) in [5.74, 6) is 0.974. The molecule has 2 aromatic rings. The van der Waals surface area contributed by atoms with Crippen molar-refractivity contribution in [3.8, 4) is 5.75 Å². The van der Waals surface area contributed by atoms with Crippen molar-refractivity contribution in [2.24, 2.45) is 0 Å². The van der Waals surface area contributed by atoms with E-state index in [2.05, 4.69) is 30.7 Å². The quantitative estimate of drug-likeness (QED) is 0.734. The van der Waals surface area contributed by atoms with Crippen molar-refractivity contribution in [2.75, 3.05) is 0 Å². The van der Waals surface area contributed by atoms with E-state index in [1.807, 2.05) is 31.2 Å². The summed E-state index contributed by atoms with van der Waals surface area (Å²) in [4.78, 5) is 4.50. The van der Waals surface area contributed by atoms with Gasteiger partial charge in [-0.2, -0.15) is 0 Å². The molecule has 0 unspecified atom stereocenters. The molecule has 0 amide bonds. The van der Waals surface area contributed by atoms with E-state index in [1.165, 1.54) is 0 Å². The van der Waals surface area contributed by atoms with Crippen LogP contribution in [-0.4, -0.2) is 13.3 Å². The Labute approximate surface area is 97.4 Å². The molecule has 0 saturated carbocycles. The lowest BCUT2D eigenvalue weighted by molar-refractivity contribution is 0.563. The van der Waals surface area contributed by atoms with Gasteiger partial charge in [0.2, 0.25) is 8.32 Å². The van der Waals surface area contributed by atoms with Crippen LogP contribution >= 0.6 is 0 Å². The highest BCUT2D eigenvalue weighted by atomic mass is 28.4. The van der Waals surface area contributed by atoms with E-state index in [-0.39, 0.29) is 0 Å². The second kappa shape index (κ2) is 3.90. The lowest BCUT2D eigenvalue weighted by Crippen LogP contribution is -2.29. The number of para-hydroxylation sites is 1. The number of benzene rings is 1. The standard InChI is InChI=1S/C13H17NOSi/c1-10-9-13(15-16(2,3)4)11-7-5-6-8-12(11)14-10/h5-9H,1-4H3. The SMILES string of the molecule is Cc1cc(O[Si](C)(C)C)c2ccccc2n1. The Balaban J connectivity index is 2.59. The zero-order valence-corrected chi connectivity index (χ0v) is 11.2. The molecule has 0 saturated heterocycles. The molecule has 0 aliphatic carbocycles. The highest BCUT2D eigenvalue weighted by Crippen LogP contribution is 2.27. The van der Waals surface area contributed by atoms with Gasteiger partial charge in [0.25, 0.3) is 0 Å². The summed E-state index contributed by atoms with van der Waals surface area (Å²) in [6.07, 6.45) is 0. The van der Waals surface area contributed by atoms with Crippen molar-refractivity contribution < 1.29 is 4.43 Å². The van der Waals surface area contributed by atoms with Crippen LogP contribution in [0.15, 0.2) is 30.3 Å². The molecule has 0 aliphatic rings. The average Bonchev–Trinajstić information content (AvgIpc) is 2.14. The second-order valence-corrected chi connectivity index (χ2v) is 9.42. The maximum absolute atomic E-state index is 6.09. The molecule has 0 aliphatic heterocycles. The molecule has 0 fully saturated rings. The number of pyridine rings is 1. The van der Waals surface area contributed by atoms with E-state index in [4.69, 9.17) is 4.43 Å². The van der Waals surface area contributed by atoms with E-state index in [1.54, 1.807) is 0 Å². The van der Waals surface area contributed by atoms with Crippen molar-refractivity contribution in [2.45, 2.75) is 26.6 Å². The van der Waals surface area contributed by atoms with Crippen molar-refractivity contribution in [3.63, 3.8) is 0 Å². The molecule has 0 radical (unpaired) electrons. The van der Waals surface area contributed by atoms with Crippen LogP contribution in [0.1, 0.15) is 5.69 Å². The predicted octanol–water partition coefficient (Wildman–Crippen LogP) is 3.76. The topological polar surface area (TPSA) is 22.1 Å². The first-order valence-electron chi connectivity index (χ1n) is 5.51. The van der Waals surface area contributed by atoms with E-state index in [0.717, 1.165) is 22.3 Å². The first-order chi connectivity index (χ1) is 7.46. The molecule has 0 N–H and O–H groups in total. The molecule has 0 atom stereocenters. The molecule has 0 bridgehead atoms. The largest absolute Gasteiger partial charge is 0.544 e. The van der Waals surface area contributed by atoms with Crippen LogP contribution in [0.3, 0.4) is 0 Å². The van der Waals surface area contributed by atoms with Gasteiger partial charge in [0.15, 0.2) is 0 Å². The molecular formula is C13H17NOSi. The number of nitrogens with zero attached hydrogens (tertiary/aromatic N) is 1. The van der Waals surface area contributed by atoms with Crippen LogP contribution in [0.4, 0.5) is 0 Å². The van der Waals surface area contributed by atoms with Gasteiger partial charge < -0.3 is 4.43 Å². The predicted molar refractivity (Wildman–Crippen MR) is 70.5 cm³/mol. The number of hydrogen-bond acceptors (Lipinski definition) is 2. The summed E-state index contributed by atoms with van der Waals surface area (Å²) < 4.78 is 6.09. The first-order valence-corrected chi connectivity index (χ1v) is 8.92. The van der Waals surface area contributed by atoms with Crippen molar-refractivity contribution in [1.82, 2.24) is 4.98 Å². The fraction of sp³-hybridized carbons (Fsp3) is 0.308. The molecule has 1 aromatic carbocycles. The second-order valence-electron chi connectivity index (χ2n) is 4.99. The van der Waals surface area contributed by atoms with Gasteiger partial charge in [-0.05, 0) is 38.7 Å². The minimum atomic E-state index is -1.57. The van der Waals surface area contributed by atoms with E-state index in [9.17, 15) is 0 Å². The summed E-state index contributed by atoms with van der Waals surface area (Å²) in [5.41, 5.74) is 2.02. The van der Waals surface area contributed by atoms with Gasteiger partial charge in [0.1, 0.15) is 5.75 Å². The Morgan fingerprint density at radius 2 is 1.81 bits per heavy atom. The van der Waals surface area contributed by atoms with Crippen LogP contribution in [0, 0.1) is 6.92 Å². The van der Waals surface area contributed by atoms with Crippen molar-refractivity contribution >= 4 is 19.2 Å². The Morgan fingerprint density at radius 3 is 2.50 bits per heavy atom. The van der Waals surface area contributed by atoms with Crippen LogP contribution < -0.4 is 4.43 Å². The lowest BCUT2D eigenvalue weighted by atomic mass is 10.2. The fourth-order valence-electron chi connectivity index (χ4n) is 1.68. The summed E-state index contributed by atoms with van der Waals surface area (Å²) in [6, 6.07) is 10.2. The first kappa shape index (κ1) is 11.1. The summed E-state index contributed by atoms with van der Waals surface area (Å²) in [6.45, 7) is 8.58. The monoisotopic (exact) mass is 231 g/mol. The highest BCUT2D eigenvalue weighted by molar-refractivity contribution is 6.70. The van der Waals surface area contributed by atoms with Gasteiger partial charge in [0, 0.05) is 17.1 Å². The van der Waals surface area contributed by atoms with Gasteiger partial charge >= 0.3 is 0 Å². The number of hydrogen-bond donors (Lipinski definition) is 0. The fourth-order valence-corrected chi connectivity index (χ4v) is 2.51. The van der Waals surface area contributed by atoms with Gasteiger partial charge in [-0.15, -0.1) is 0 Å². The Morgan fingerprint density at radius 1 is 1.12 bits per heavy atom. The molecule has 2 rings (SSSR count). The van der Waals surface area contributed by atoms with Crippen LogP contribution in [0.25, 0.3) is 10.9 Å². The normalized spacial score (nSPS) is 11.8. The Hall–Kier alpha value is -1.35. The lowest BCUT2D eigenvalue weighted by Gasteiger charge is -2.20. The van der Waals surface area contributed by atoms with Gasteiger partial charge in [-0.1, -0.05) is 12.1 Å². The maximum Gasteiger partial charge on any atom is 0.242 e. The van der Waals surface area contributed by atoms with Gasteiger partial charge in [-0.25, -0.2) is 0 Å². The minimum Gasteiger partial charge on any atom is -0.544 e. The molecule has 1 aromatic heterocycles. The van der Waals surface area contributed by atoms with Crippen LogP contribution in [0.5, 0.6) is 5.75 Å². The number of fused-ring (bicyclic) bond motifs is 1. The highest BCUT2D eigenvalue weighted by Gasteiger charge is 2.18. The molecular weight excluding hydrogens is 214 g/mol. The van der Waals surface area contributed by atoms with Crippen LogP contribution in [-0.2, 0) is 0 Å². The summed E-state index contributed by atoms with van der Waals surface area (Å²) in [7, 11) is -1.57. The number of aryl methyl sites for hydroxylation is 1. The number of rotatable bonds is 2. The maximum atomic E-state index is 6.09. The average molecular weight is 231 g/mol. The Kier molecular flexibility index (Phi) is 2.72. The van der Waals surface area contributed by atoms with Gasteiger partial charge in [-0.3, -0.25) is 4.98 Å². The van der Waals surface area contributed by atoms with Crippen molar-refractivity contribution in [1.29, 1.82) is 0 Å².